The van der Waals surface area contributed by atoms with E-state index in [4.69, 9.17) is 19.5 Å². The molecule has 5 heterocycles. The molecule has 8 rings (SSSR count). The maximum Gasteiger partial charge on any atom is 0.320 e. The first kappa shape index (κ1) is 34.2. The zero-order chi connectivity index (χ0) is 36.5. The lowest BCUT2D eigenvalue weighted by Gasteiger charge is -2.22. The summed E-state index contributed by atoms with van der Waals surface area (Å²) < 4.78 is 6.87. The maximum absolute atomic E-state index is 12.8. The van der Waals surface area contributed by atoms with Crippen LogP contribution < -0.4 is 20.9 Å². The number of urea groups is 1. The smallest absolute Gasteiger partial charge is 0.320 e. The molecule has 2 aliphatic rings. The van der Waals surface area contributed by atoms with Gasteiger partial charge in [-0.05, 0) is 36.1 Å². The SMILES string of the molecule is CCc1nnn([C@H]2C[C@@H](n3cnc4c(NCC(c5ccccc5)c5ccccc5)nc(N5CCC(NC(=O)Nc6cc(C)on6)C5)nc43)[C@H](O)[C@@H]2O)n1. The molecule has 1 saturated heterocycles. The molecule has 17 nitrogen and oxygen atoms in total. The third-order valence-corrected chi connectivity index (χ3v) is 10.0. The van der Waals surface area contributed by atoms with Crippen molar-refractivity contribution in [1.82, 2.24) is 50.2 Å². The van der Waals surface area contributed by atoms with Gasteiger partial charge in [0.15, 0.2) is 28.6 Å². The molecule has 17 heteroatoms. The van der Waals surface area contributed by atoms with Gasteiger partial charge in [-0.25, -0.2) is 9.78 Å². The number of hydrogen-bond acceptors (Lipinski definition) is 13. The number of amides is 2. The van der Waals surface area contributed by atoms with Crippen LogP contribution in [0, 0.1) is 6.92 Å². The zero-order valence-electron chi connectivity index (χ0n) is 29.3. The van der Waals surface area contributed by atoms with E-state index in [0.717, 1.165) is 11.1 Å². The number of aliphatic hydroxyl groups excluding tert-OH is 2. The van der Waals surface area contributed by atoms with E-state index in [-0.39, 0.29) is 18.0 Å². The number of carbonyl (C=O) groups excluding carboxylic acids is 1. The molecule has 5 N–H and O–H groups in total. The van der Waals surface area contributed by atoms with E-state index in [1.165, 1.54) is 4.80 Å². The minimum Gasteiger partial charge on any atom is -0.388 e. The zero-order valence-corrected chi connectivity index (χ0v) is 29.3. The van der Waals surface area contributed by atoms with Crippen molar-refractivity contribution in [3.05, 3.63) is 95.8 Å². The average Bonchev–Trinajstić information content (AvgIpc) is 4.03. The van der Waals surface area contributed by atoms with E-state index in [2.05, 4.69) is 60.8 Å². The van der Waals surface area contributed by atoms with Crippen molar-refractivity contribution >= 4 is 34.8 Å². The van der Waals surface area contributed by atoms with Crippen LogP contribution in [0.5, 0.6) is 0 Å². The second-order valence-corrected chi connectivity index (χ2v) is 13.5. The molecule has 0 radical (unpaired) electrons. The monoisotopic (exact) mass is 719 g/mol. The number of aryl methyl sites for hydroxylation is 2. The van der Waals surface area contributed by atoms with Crippen LogP contribution in [-0.2, 0) is 6.42 Å². The first-order valence-corrected chi connectivity index (χ1v) is 17.8. The van der Waals surface area contributed by atoms with E-state index in [9.17, 15) is 15.0 Å². The molecular weight excluding hydrogens is 678 g/mol. The molecule has 4 aromatic heterocycles. The molecule has 53 heavy (non-hydrogen) atoms. The van der Waals surface area contributed by atoms with Gasteiger partial charge in [-0.15, -0.1) is 10.2 Å². The maximum atomic E-state index is 12.8. The molecule has 274 valence electrons. The molecule has 1 aliphatic carbocycles. The highest BCUT2D eigenvalue weighted by Crippen LogP contribution is 2.40. The second-order valence-electron chi connectivity index (χ2n) is 13.5. The Morgan fingerprint density at radius 3 is 2.43 bits per heavy atom. The van der Waals surface area contributed by atoms with Crippen LogP contribution in [0.15, 0.2) is 77.6 Å². The number of carbonyl (C=O) groups is 1. The summed E-state index contributed by atoms with van der Waals surface area (Å²) in [6, 6.07) is 20.5. The summed E-state index contributed by atoms with van der Waals surface area (Å²) in [7, 11) is 0. The van der Waals surface area contributed by atoms with Gasteiger partial charge in [-0.1, -0.05) is 72.7 Å². The van der Waals surface area contributed by atoms with Gasteiger partial charge >= 0.3 is 6.03 Å². The van der Waals surface area contributed by atoms with Crippen molar-refractivity contribution in [3.63, 3.8) is 0 Å². The summed E-state index contributed by atoms with van der Waals surface area (Å²) in [5, 5.41) is 48.3. The number of aliphatic hydroxyl groups is 2. The van der Waals surface area contributed by atoms with Crippen LogP contribution in [0.25, 0.3) is 11.2 Å². The fourth-order valence-electron chi connectivity index (χ4n) is 7.26. The molecule has 1 saturated carbocycles. The van der Waals surface area contributed by atoms with Crippen LogP contribution in [0.4, 0.5) is 22.4 Å². The number of fused-ring (bicyclic) bond motifs is 1. The van der Waals surface area contributed by atoms with Crippen molar-refractivity contribution in [2.24, 2.45) is 0 Å². The molecule has 6 aromatic rings. The molecule has 2 aromatic carbocycles. The molecular formula is C36H41N13O4. The summed E-state index contributed by atoms with van der Waals surface area (Å²) in [5.74, 6) is 2.49. The van der Waals surface area contributed by atoms with Crippen LogP contribution in [-0.4, -0.2) is 99.0 Å². The molecule has 0 bridgehead atoms. The van der Waals surface area contributed by atoms with Crippen molar-refractivity contribution < 1.29 is 19.5 Å². The predicted octanol–water partition coefficient (Wildman–Crippen LogP) is 3.22. The van der Waals surface area contributed by atoms with Crippen molar-refractivity contribution in [1.29, 1.82) is 0 Å². The Morgan fingerprint density at radius 2 is 1.75 bits per heavy atom. The number of tetrazole rings is 1. The largest absolute Gasteiger partial charge is 0.388 e. The Kier molecular flexibility index (Phi) is 9.40. The van der Waals surface area contributed by atoms with E-state index in [1.54, 1.807) is 19.3 Å². The highest BCUT2D eigenvalue weighted by atomic mass is 16.5. The average molecular weight is 720 g/mol. The molecule has 5 atom stereocenters. The first-order valence-electron chi connectivity index (χ1n) is 17.8. The Labute approximate surface area is 304 Å². The summed E-state index contributed by atoms with van der Waals surface area (Å²) in [4.78, 5) is 30.9. The number of imidazole rings is 1. The summed E-state index contributed by atoms with van der Waals surface area (Å²) in [6.07, 6.45) is 0.958. The minimum atomic E-state index is -1.14. The van der Waals surface area contributed by atoms with Crippen LogP contribution in [0.1, 0.15) is 60.5 Å². The third kappa shape index (κ3) is 7.00. The topological polar surface area (TPSA) is 210 Å². The highest BCUT2D eigenvalue weighted by Gasteiger charge is 2.45. The lowest BCUT2D eigenvalue weighted by molar-refractivity contribution is 0.00473. The highest BCUT2D eigenvalue weighted by molar-refractivity contribution is 5.88. The van der Waals surface area contributed by atoms with E-state index in [1.807, 2.05) is 52.8 Å². The molecule has 0 spiro atoms. The second kappa shape index (κ2) is 14.6. The third-order valence-electron chi connectivity index (χ3n) is 10.0. The van der Waals surface area contributed by atoms with Gasteiger partial charge in [-0.2, -0.15) is 14.8 Å². The number of anilines is 3. The summed E-state index contributed by atoms with van der Waals surface area (Å²) in [6.45, 7) is 5.26. The number of aromatic nitrogens is 9. The van der Waals surface area contributed by atoms with E-state index < -0.39 is 24.3 Å². The number of rotatable bonds is 11. The number of nitrogens with one attached hydrogen (secondary N) is 3. The Bertz CT molecular complexity index is 2130. The number of hydrogen-bond donors (Lipinski definition) is 5. The Hall–Kier alpha value is -5.94. The lowest BCUT2D eigenvalue weighted by atomic mass is 9.91. The van der Waals surface area contributed by atoms with Gasteiger partial charge < -0.3 is 34.8 Å². The van der Waals surface area contributed by atoms with Gasteiger partial charge in [-0.3, -0.25) is 5.32 Å². The van der Waals surface area contributed by atoms with E-state index in [0.29, 0.717) is 79.2 Å². The molecule has 1 unspecified atom stereocenters. The van der Waals surface area contributed by atoms with Gasteiger partial charge in [0.2, 0.25) is 5.95 Å². The lowest BCUT2D eigenvalue weighted by Crippen LogP contribution is -2.40. The fourth-order valence-corrected chi connectivity index (χ4v) is 7.26. The van der Waals surface area contributed by atoms with Crippen molar-refractivity contribution in [2.75, 3.05) is 35.2 Å². The van der Waals surface area contributed by atoms with Gasteiger partial charge in [0, 0.05) is 44.1 Å². The summed E-state index contributed by atoms with van der Waals surface area (Å²) >= 11 is 0. The Morgan fingerprint density at radius 1 is 1.02 bits per heavy atom. The minimum absolute atomic E-state index is 0.0103. The quantitative estimate of drug-likeness (QED) is 0.130. The number of benzene rings is 2. The number of nitrogens with zero attached hydrogens (tertiary/aromatic N) is 10. The van der Waals surface area contributed by atoms with Crippen LogP contribution in [0.2, 0.25) is 0 Å². The first-order chi connectivity index (χ1) is 25.8. The van der Waals surface area contributed by atoms with Gasteiger partial charge in [0.05, 0.1) is 12.4 Å². The standard InChI is InChI=1S/C36H41N13O4/c1-3-28-43-46-49(44-28)27-17-26(31(50)32(27)51)48-20-38-30-33(37-18-25(22-10-6-4-7-11-22)23-12-8-5-9-13-23)41-35(42-34(30)48)47-15-14-24(19-47)39-36(52)40-29-16-21(2)53-45-29/h4-13,16,20,24-27,31-32,50-51H,3,14-15,17-19H2,1-2H3,(H,37,41,42)(H2,39,40,45,52)/t24?,26-,27+,31+,32-/m1/s1. The normalized spacial score (nSPS) is 21.5. The molecule has 2 amide bonds. The summed E-state index contributed by atoms with van der Waals surface area (Å²) in [5.41, 5.74) is 3.33. The molecule has 2 fully saturated rings. The molecule has 1 aliphatic heterocycles. The van der Waals surface area contributed by atoms with Gasteiger partial charge in [0.25, 0.3) is 0 Å². The fraction of sp³-hybridized carbons (Fsp3) is 0.389. The predicted molar refractivity (Wildman–Crippen MR) is 194 cm³/mol. The van der Waals surface area contributed by atoms with Crippen LogP contribution in [0.3, 0.4) is 0 Å². The van der Waals surface area contributed by atoms with Crippen molar-refractivity contribution in [2.45, 2.75) is 69.4 Å². The van der Waals surface area contributed by atoms with Crippen molar-refractivity contribution in [3.8, 4) is 0 Å². The van der Waals surface area contributed by atoms with Crippen LogP contribution >= 0.6 is 0 Å². The van der Waals surface area contributed by atoms with Gasteiger partial charge in [0.1, 0.15) is 24.0 Å². The van der Waals surface area contributed by atoms with E-state index >= 15 is 0 Å². The Balaban J connectivity index is 1.10.